The number of fused-ring (bicyclic) bond motifs is 6. The van der Waals surface area contributed by atoms with Gasteiger partial charge in [-0.25, -0.2) is 0 Å². The van der Waals surface area contributed by atoms with Gasteiger partial charge in [0.05, 0.1) is 10.8 Å². The van der Waals surface area contributed by atoms with Crippen molar-refractivity contribution in [1.29, 1.82) is 0 Å². The zero-order chi connectivity index (χ0) is 37.1. The van der Waals surface area contributed by atoms with Crippen molar-refractivity contribution in [2.75, 3.05) is 0 Å². The van der Waals surface area contributed by atoms with Crippen LogP contribution in [0.15, 0.2) is 225 Å². The van der Waals surface area contributed by atoms with Gasteiger partial charge in [-0.15, -0.1) is 0 Å². The third kappa shape index (κ3) is 4.58. The molecule has 1 heterocycles. The summed E-state index contributed by atoms with van der Waals surface area (Å²) in [5.41, 5.74) is 19.0. The minimum Gasteiger partial charge on any atom is -0.263 e. The quantitative estimate of drug-likeness (QED) is 0.167. The molecule has 0 N–H and O–H groups in total. The van der Waals surface area contributed by atoms with Crippen molar-refractivity contribution in [3.05, 3.63) is 269 Å². The van der Waals surface area contributed by atoms with Crippen molar-refractivity contribution < 1.29 is 0 Å². The summed E-state index contributed by atoms with van der Waals surface area (Å²) >= 11 is 0. The van der Waals surface area contributed by atoms with Gasteiger partial charge in [0.1, 0.15) is 0 Å². The standard InChI is InChI=1S/C55H37N/c1-3-19-42(20-4-1)54(50-29-11-7-25-46(50)47-26-8-12-30-51(47)54)44-23-15-17-38(34-44)40-33-41(37-56-36-40)39-18-16-24-45(35-39)55(43-21-5-2-6-22-43)52-31-13-9-27-48(52)49-28-10-14-32-53(49)55/h1-37H. The lowest BCUT2D eigenvalue weighted by molar-refractivity contribution is 0.768. The van der Waals surface area contributed by atoms with Crippen LogP contribution in [0, 0.1) is 0 Å². The first-order valence-electron chi connectivity index (χ1n) is 19.4. The van der Waals surface area contributed by atoms with Gasteiger partial charge in [0.15, 0.2) is 0 Å². The molecular weight excluding hydrogens is 675 g/mol. The van der Waals surface area contributed by atoms with E-state index in [-0.39, 0.29) is 0 Å². The van der Waals surface area contributed by atoms with E-state index >= 15 is 0 Å². The Balaban J connectivity index is 1.06. The Hall–Kier alpha value is -7.09. The molecule has 0 fully saturated rings. The van der Waals surface area contributed by atoms with E-state index < -0.39 is 10.8 Å². The summed E-state index contributed by atoms with van der Waals surface area (Å²) in [5.74, 6) is 0. The number of benzene rings is 8. The van der Waals surface area contributed by atoms with E-state index in [4.69, 9.17) is 4.98 Å². The highest BCUT2D eigenvalue weighted by Gasteiger charge is 2.47. The summed E-state index contributed by atoms with van der Waals surface area (Å²) in [6.07, 6.45) is 4.01. The normalized spacial score (nSPS) is 14.0. The van der Waals surface area contributed by atoms with Gasteiger partial charge in [-0.1, -0.05) is 194 Å². The van der Waals surface area contributed by atoms with Crippen LogP contribution in [-0.2, 0) is 10.8 Å². The van der Waals surface area contributed by atoms with Crippen LogP contribution in [0.5, 0.6) is 0 Å². The van der Waals surface area contributed by atoms with Crippen molar-refractivity contribution in [1.82, 2.24) is 4.98 Å². The highest BCUT2D eigenvalue weighted by molar-refractivity contribution is 5.88. The highest BCUT2D eigenvalue weighted by Crippen LogP contribution is 2.58. The van der Waals surface area contributed by atoms with Crippen molar-refractivity contribution in [3.63, 3.8) is 0 Å². The fourth-order valence-corrected chi connectivity index (χ4v) is 10.0. The van der Waals surface area contributed by atoms with E-state index in [9.17, 15) is 0 Å². The molecule has 0 bridgehead atoms. The summed E-state index contributed by atoms with van der Waals surface area (Å²) in [7, 11) is 0. The van der Waals surface area contributed by atoms with Gasteiger partial charge in [0, 0.05) is 23.5 Å². The fraction of sp³-hybridized carbons (Fsp3) is 0.0364. The lowest BCUT2D eigenvalue weighted by Crippen LogP contribution is -2.28. The number of hydrogen-bond donors (Lipinski definition) is 0. The third-order valence-corrected chi connectivity index (χ3v) is 12.3. The molecule has 56 heavy (non-hydrogen) atoms. The van der Waals surface area contributed by atoms with Gasteiger partial charge in [0.2, 0.25) is 0 Å². The second-order valence-electron chi connectivity index (χ2n) is 15.0. The molecule has 0 saturated carbocycles. The van der Waals surface area contributed by atoms with Gasteiger partial charge in [0.25, 0.3) is 0 Å². The maximum absolute atomic E-state index is 4.89. The average Bonchev–Trinajstić information content (AvgIpc) is 3.76. The molecule has 0 atom stereocenters. The third-order valence-electron chi connectivity index (χ3n) is 12.3. The van der Waals surface area contributed by atoms with Crippen LogP contribution in [-0.4, -0.2) is 4.98 Å². The van der Waals surface area contributed by atoms with Crippen LogP contribution in [0.3, 0.4) is 0 Å². The van der Waals surface area contributed by atoms with E-state index in [1.165, 1.54) is 66.8 Å². The second-order valence-corrected chi connectivity index (χ2v) is 15.0. The fourth-order valence-electron chi connectivity index (χ4n) is 10.0. The minimum absolute atomic E-state index is 0.455. The lowest BCUT2D eigenvalue weighted by atomic mass is 9.67. The molecule has 262 valence electrons. The first kappa shape index (κ1) is 32.3. The maximum Gasteiger partial charge on any atom is 0.0713 e. The zero-order valence-electron chi connectivity index (χ0n) is 30.8. The number of hydrogen-bond acceptors (Lipinski definition) is 1. The average molecular weight is 712 g/mol. The first-order valence-corrected chi connectivity index (χ1v) is 19.4. The SMILES string of the molecule is c1ccc(C2(c3cccc(-c4cncc(-c5cccc(C6(c7ccccc7)c7ccccc7-c7ccccc76)c5)c4)c3)c3ccccc3-c3ccccc32)cc1. The second kappa shape index (κ2) is 12.8. The Morgan fingerprint density at radius 1 is 0.250 bits per heavy atom. The predicted molar refractivity (Wildman–Crippen MR) is 230 cm³/mol. The van der Waals surface area contributed by atoms with E-state index in [2.05, 4.69) is 212 Å². The van der Waals surface area contributed by atoms with E-state index in [0.717, 1.165) is 22.3 Å². The number of rotatable bonds is 6. The molecule has 1 aromatic heterocycles. The topological polar surface area (TPSA) is 12.9 Å². The molecule has 0 amide bonds. The van der Waals surface area contributed by atoms with E-state index in [1.54, 1.807) is 0 Å². The summed E-state index contributed by atoms with van der Waals surface area (Å²) in [4.78, 5) is 4.89. The molecule has 2 aliphatic rings. The van der Waals surface area contributed by atoms with Gasteiger partial charge < -0.3 is 0 Å². The summed E-state index contributed by atoms with van der Waals surface area (Å²) in [5, 5.41) is 0. The van der Waals surface area contributed by atoms with Crippen molar-refractivity contribution in [3.8, 4) is 44.5 Å². The molecule has 0 aliphatic heterocycles. The number of aromatic nitrogens is 1. The van der Waals surface area contributed by atoms with E-state index in [1.807, 2.05) is 12.4 Å². The molecular formula is C55H37N. The van der Waals surface area contributed by atoms with Crippen LogP contribution in [0.2, 0.25) is 0 Å². The van der Waals surface area contributed by atoms with Crippen LogP contribution < -0.4 is 0 Å². The van der Waals surface area contributed by atoms with E-state index in [0.29, 0.717) is 0 Å². The van der Waals surface area contributed by atoms with Crippen LogP contribution >= 0.6 is 0 Å². The van der Waals surface area contributed by atoms with Crippen molar-refractivity contribution in [2.45, 2.75) is 10.8 Å². The Kier molecular flexibility index (Phi) is 7.37. The minimum atomic E-state index is -0.455. The molecule has 11 rings (SSSR count). The number of nitrogens with zero attached hydrogens (tertiary/aromatic N) is 1. The molecule has 1 heteroatoms. The van der Waals surface area contributed by atoms with Gasteiger partial charge >= 0.3 is 0 Å². The van der Waals surface area contributed by atoms with Crippen LogP contribution in [0.1, 0.15) is 44.5 Å². The van der Waals surface area contributed by atoms with Crippen LogP contribution in [0.4, 0.5) is 0 Å². The molecule has 8 aromatic carbocycles. The Morgan fingerprint density at radius 2 is 0.571 bits per heavy atom. The van der Waals surface area contributed by atoms with Crippen molar-refractivity contribution >= 4 is 0 Å². The Bertz CT molecular complexity index is 2630. The summed E-state index contributed by atoms with van der Waals surface area (Å²) < 4.78 is 0. The Labute approximate surface area is 328 Å². The van der Waals surface area contributed by atoms with Crippen molar-refractivity contribution in [2.24, 2.45) is 0 Å². The summed E-state index contributed by atoms with van der Waals surface area (Å²) in [6.45, 7) is 0. The zero-order valence-corrected chi connectivity index (χ0v) is 30.8. The highest BCUT2D eigenvalue weighted by atomic mass is 14.6. The molecule has 0 radical (unpaired) electrons. The van der Waals surface area contributed by atoms with Crippen LogP contribution in [0.25, 0.3) is 44.5 Å². The molecule has 0 unspecified atom stereocenters. The molecule has 1 nitrogen and oxygen atoms in total. The predicted octanol–water partition coefficient (Wildman–Crippen LogP) is 13.1. The molecule has 9 aromatic rings. The molecule has 0 saturated heterocycles. The van der Waals surface area contributed by atoms with Gasteiger partial charge in [-0.2, -0.15) is 0 Å². The van der Waals surface area contributed by atoms with Gasteiger partial charge in [-0.05, 0) is 96.1 Å². The lowest BCUT2D eigenvalue weighted by Gasteiger charge is -2.34. The molecule has 2 aliphatic carbocycles. The number of pyridine rings is 1. The molecule has 0 spiro atoms. The Morgan fingerprint density at radius 3 is 0.946 bits per heavy atom. The monoisotopic (exact) mass is 711 g/mol. The smallest absolute Gasteiger partial charge is 0.0713 e. The largest absolute Gasteiger partial charge is 0.263 e. The van der Waals surface area contributed by atoms with Gasteiger partial charge in [-0.3, -0.25) is 4.98 Å². The summed E-state index contributed by atoms with van der Waals surface area (Å²) in [6, 6.07) is 78.3. The first-order chi connectivity index (χ1) is 27.8. The maximum atomic E-state index is 4.89.